The van der Waals surface area contributed by atoms with Crippen molar-refractivity contribution in [2.75, 3.05) is 19.5 Å². The van der Waals surface area contributed by atoms with Crippen LogP contribution in [0.4, 0.5) is 5.69 Å². The highest BCUT2D eigenvalue weighted by Gasteiger charge is 2.09. The van der Waals surface area contributed by atoms with Gasteiger partial charge in [0.25, 0.3) is 0 Å². The van der Waals surface area contributed by atoms with Crippen molar-refractivity contribution < 1.29 is 4.74 Å². The molecule has 0 aliphatic rings. The summed E-state index contributed by atoms with van der Waals surface area (Å²) in [6.07, 6.45) is 1.67. The summed E-state index contributed by atoms with van der Waals surface area (Å²) in [5, 5.41) is 4.15. The van der Waals surface area contributed by atoms with Gasteiger partial charge >= 0.3 is 0 Å². The van der Waals surface area contributed by atoms with Gasteiger partial charge in [0.1, 0.15) is 0 Å². The maximum atomic E-state index is 5.65. The molecule has 12 heavy (non-hydrogen) atoms. The van der Waals surface area contributed by atoms with Crippen LogP contribution in [-0.4, -0.2) is 23.5 Å². The first-order valence-corrected chi connectivity index (χ1v) is 3.95. The molecule has 1 aromatic rings. The molecule has 0 bridgehead atoms. The van der Waals surface area contributed by atoms with Crippen molar-refractivity contribution in [3.63, 3.8) is 0 Å². The van der Waals surface area contributed by atoms with Crippen LogP contribution in [0, 0.1) is 6.92 Å². The third-order valence-corrected chi connectivity index (χ3v) is 1.91. The van der Waals surface area contributed by atoms with E-state index in [2.05, 4.69) is 5.10 Å². The van der Waals surface area contributed by atoms with Crippen molar-refractivity contribution in [2.24, 2.45) is 0 Å². The van der Waals surface area contributed by atoms with Crippen molar-refractivity contribution in [2.45, 2.75) is 19.9 Å². The Labute approximate surface area is 72.3 Å². The molecule has 0 aliphatic carbocycles. The lowest BCUT2D eigenvalue weighted by Gasteiger charge is -2.12. The number of anilines is 1. The SMILES string of the molecule is COC[C@H](C)n1ncc(N)c1C. The third-order valence-electron chi connectivity index (χ3n) is 1.91. The molecule has 1 aromatic heterocycles. The van der Waals surface area contributed by atoms with Gasteiger partial charge < -0.3 is 10.5 Å². The summed E-state index contributed by atoms with van der Waals surface area (Å²) in [5.41, 5.74) is 7.38. The first-order valence-electron chi connectivity index (χ1n) is 3.95. The smallest absolute Gasteiger partial charge is 0.0730 e. The van der Waals surface area contributed by atoms with Crippen LogP contribution in [0.5, 0.6) is 0 Å². The number of methoxy groups -OCH3 is 1. The molecule has 1 rings (SSSR count). The predicted molar refractivity (Wildman–Crippen MR) is 48.0 cm³/mol. The predicted octanol–water partition coefficient (Wildman–Crippen LogP) is 0.981. The first-order chi connectivity index (χ1) is 5.66. The van der Waals surface area contributed by atoms with Gasteiger partial charge in [-0.3, -0.25) is 4.68 Å². The fraction of sp³-hybridized carbons (Fsp3) is 0.625. The zero-order valence-electron chi connectivity index (χ0n) is 7.74. The summed E-state index contributed by atoms with van der Waals surface area (Å²) in [5.74, 6) is 0. The molecular weight excluding hydrogens is 154 g/mol. The molecule has 0 fully saturated rings. The fourth-order valence-electron chi connectivity index (χ4n) is 1.19. The average molecular weight is 169 g/mol. The van der Waals surface area contributed by atoms with Gasteiger partial charge in [-0.2, -0.15) is 5.10 Å². The van der Waals surface area contributed by atoms with Crippen LogP contribution >= 0.6 is 0 Å². The van der Waals surface area contributed by atoms with E-state index < -0.39 is 0 Å². The van der Waals surface area contributed by atoms with E-state index in [1.807, 2.05) is 18.5 Å². The highest BCUT2D eigenvalue weighted by molar-refractivity contribution is 5.39. The van der Waals surface area contributed by atoms with E-state index in [1.165, 1.54) is 0 Å². The second-order valence-electron chi connectivity index (χ2n) is 2.93. The number of nitrogens with two attached hydrogens (primary N) is 1. The number of hydrogen-bond donors (Lipinski definition) is 1. The standard InChI is InChI=1S/C8H15N3O/c1-6(5-12-3)11-7(2)8(9)4-10-11/h4,6H,5,9H2,1-3H3/t6-/m0/s1. The Morgan fingerprint density at radius 1 is 1.75 bits per heavy atom. The summed E-state index contributed by atoms with van der Waals surface area (Å²) in [7, 11) is 1.68. The number of aromatic nitrogens is 2. The van der Waals surface area contributed by atoms with Crippen LogP contribution in [-0.2, 0) is 4.74 Å². The van der Waals surface area contributed by atoms with E-state index in [0.717, 1.165) is 11.4 Å². The minimum absolute atomic E-state index is 0.243. The van der Waals surface area contributed by atoms with Gasteiger partial charge in [-0.15, -0.1) is 0 Å². The maximum absolute atomic E-state index is 5.65. The Balaban J connectivity index is 2.80. The molecule has 0 aliphatic heterocycles. The van der Waals surface area contributed by atoms with E-state index in [0.29, 0.717) is 6.61 Å². The topological polar surface area (TPSA) is 53.1 Å². The van der Waals surface area contributed by atoms with Crippen LogP contribution in [0.15, 0.2) is 6.20 Å². The summed E-state index contributed by atoms with van der Waals surface area (Å²) < 4.78 is 6.89. The van der Waals surface area contributed by atoms with Gasteiger partial charge in [0.15, 0.2) is 0 Å². The molecule has 4 heteroatoms. The largest absolute Gasteiger partial charge is 0.396 e. The highest BCUT2D eigenvalue weighted by Crippen LogP contribution is 2.14. The van der Waals surface area contributed by atoms with Gasteiger partial charge in [-0.05, 0) is 13.8 Å². The molecule has 4 nitrogen and oxygen atoms in total. The lowest BCUT2D eigenvalue weighted by molar-refractivity contribution is 0.156. The van der Waals surface area contributed by atoms with Crippen molar-refractivity contribution in [3.05, 3.63) is 11.9 Å². The Kier molecular flexibility index (Phi) is 2.70. The van der Waals surface area contributed by atoms with Crippen LogP contribution in [0.3, 0.4) is 0 Å². The lowest BCUT2D eigenvalue weighted by atomic mass is 10.3. The van der Waals surface area contributed by atoms with E-state index in [4.69, 9.17) is 10.5 Å². The van der Waals surface area contributed by atoms with Gasteiger partial charge in [-0.1, -0.05) is 0 Å². The van der Waals surface area contributed by atoms with Crippen LogP contribution in [0.2, 0.25) is 0 Å². The molecular formula is C8H15N3O. The molecule has 0 saturated heterocycles. The van der Waals surface area contributed by atoms with Gasteiger partial charge in [-0.25, -0.2) is 0 Å². The number of rotatable bonds is 3. The molecule has 0 amide bonds. The van der Waals surface area contributed by atoms with E-state index in [9.17, 15) is 0 Å². The highest BCUT2D eigenvalue weighted by atomic mass is 16.5. The lowest BCUT2D eigenvalue weighted by Crippen LogP contribution is -2.13. The van der Waals surface area contributed by atoms with Crippen molar-refractivity contribution in [3.8, 4) is 0 Å². The normalized spacial score (nSPS) is 13.2. The third kappa shape index (κ3) is 1.58. The molecule has 0 saturated carbocycles. The number of hydrogen-bond acceptors (Lipinski definition) is 3. The molecule has 68 valence electrons. The van der Waals surface area contributed by atoms with E-state index in [1.54, 1.807) is 13.3 Å². The van der Waals surface area contributed by atoms with Crippen molar-refractivity contribution in [1.29, 1.82) is 0 Å². The second kappa shape index (κ2) is 3.58. The van der Waals surface area contributed by atoms with E-state index in [-0.39, 0.29) is 6.04 Å². The molecule has 1 atom stereocenters. The monoisotopic (exact) mass is 169 g/mol. The summed E-state index contributed by atoms with van der Waals surface area (Å²) >= 11 is 0. The van der Waals surface area contributed by atoms with Crippen LogP contribution in [0.25, 0.3) is 0 Å². The zero-order chi connectivity index (χ0) is 9.14. The second-order valence-corrected chi connectivity index (χ2v) is 2.93. The van der Waals surface area contributed by atoms with Crippen LogP contribution < -0.4 is 5.73 Å². The maximum Gasteiger partial charge on any atom is 0.0730 e. The van der Waals surface area contributed by atoms with Crippen molar-refractivity contribution >= 4 is 5.69 Å². The minimum atomic E-state index is 0.243. The Morgan fingerprint density at radius 2 is 2.42 bits per heavy atom. The molecule has 0 radical (unpaired) electrons. The average Bonchev–Trinajstić information content (AvgIpc) is 2.34. The molecule has 0 spiro atoms. The fourth-order valence-corrected chi connectivity index (χ4v) is 1.19. The number of nitrogen functional groups attached to an aromatic ring is 1. The van der Waals surface area contributed by atoms with E-state index >= 15 is 0 Å². The first kappa shape index (κ1) is 9.06. The van der Waals surface area contributed by atoms with Crippen LogP contribution in [0.1, 0.15) is 18.7 Å². The van der Waals surface area contributed by atoms with Gasteiger partial charge in [0, 0.05) is 7.11 Å². The quantitative estimate of drug-likeness (QED) is 0.733. The Morgan fingerprint density at radius 3 is 2.83 bits per heavy atom. The molecule has 0 unspecified atom stereocenters. The molecule has 0 aromatic carbocycles. The summed E-state index contributed by atoms with van der Waals surface area (Å²) in [4.78, 5) is 0. The number of ether oxygens (including phenoxy) is 1. The summed E-state index contributed by atoms with van der Waals surface area (Å²) in [6.45, 7) is 4.65. The summed E-state index contributed by atoms with van der Waals surface area (Å²) in [6, 6.07) is 0.243. The van der Waals surface area contributed by atoms with Gasteiger partial charge in [0.2, 0.25) is 0 Å². The Hall–Kier alpha value is -1.03. The molecule has 1 heterocycles. The number of nitrogens with zero attached hydrogens (tertiary/aromatic N) is 2. The Bertz CT molecular complexity index is 257. The van der Waals surface area contributed by atoms with Crippen molar-refractivity contribution in [1.82, 2.24) is 9.78 Å². The zero-order valence-corrected chi connectivity index (χ0v) is 7.74. The molecule has 2 N–H and O–H groups in total. The minimum Gasteiger partial charge on any atom is -0.396 e. The van der Waals surface area contributed by atoms with Gasteiger partial charge in [0.05, 0.1) is 30.2 Å².